The van der Waals surface area contributed by atoms with Gasteiger partial charge in [0.25, 0.3) is 0 Å². The second kappa shape index (κ2) is 6.28. The third kappa shape index (κ3) is 3.14. The Morgan fingerprint density at radius 2 is 1.95 bits per heavy atom. The lowest BCUT2D eigenvalue weighted by molar-refractivity contribution is 0.175. The summed E-state index contributed by atoms with van der Waals surface area (Å²) in [4.78, 5) is 0. The molecule has 0 amide bonds. The highest BCUT2D eigenvalue weighted by Crippen LogP contribution is 2.41. The van der Waals surface area contributed by atoms with Gasteiger partial charge >= 0.3 is 0 Å². The van der Waals surface area contributed by atoms with E-state index in [1.807, 2.05) is 0 Å². The molecule has 0 radical (unpaired) electrons. The minimum Gasteiger partial charge on any atom is -0.313 e. The smallest absolute Gasteiger partial charge is 0.0483 e. The maximum absolute atomic E-state index is 6.51. The molecule has 1 fully saturated rings. The molecule has 1 aliphatic carbocycles. The van der Waals surface area contributed by atoms with Crippen LogP contribution in [-0.4, -0.2) is 7.05 Å². The Hall–Kier alpha value is -0.530. The first-order valence-corrected chi connectivity index (χ1v) is 7.84. The molecule has 1 aliphatic rings. The predicted molar refractivity (Wildman–Crippen MR) is 83.7 cm³/mol. The molecule has 1 aromatic rings. The Morgan fingerprint density at radius 1 is 1.21 bits per heavy atom. The number of aryl methyl sites for hydroxylation is 1. The van der Waals surface area contributed by atoms with Crippen molar-refractivity contribution < 1.29 is 0 Å². The zero-order valence-electron chi connectivity index (χ0n) is 12.5. The van der Waals surface area contributed by atoms with E-state index in [0.717, 1.165) is 16.9 Å². The number of halogens is 1. The highest BCUT2D eigenvalue weighted by atomic mass is 35.5. The van der Waals surface area contributed by atoms with Gasteiger partial charge in [0.1, 0.15) is 0 Å². The van der Waals surface area contributed by atoms with Crippen molar-refractivity contribution >= 4 is 11.6 Å². The molecule has 1 N–H and O–H groups in total. The minimum atomic E-state index is 0.391. The van der Waals surface area contributed by atoms with Crippen molar-refractivity contribution in [1.29, 1.82) is 0 Å². The van der Waals surface area contributed by atoms with E-state index < -0.39 is 0 Å². The summed E-state index contributed by atoms with van der Waals surface area (Å²) in [5.41, 5.74) is 2.45. The first kappa shape index (κ1) is 14.9. The van der Waals surface area contributed by atoms with E-state index >= 15 is 0 Å². The van der Waals surface area contributed by atoms with E-state index in [1.165, 1.54) is 30.4 Å². The molecule has 4 unspecified atom stereocenters. The van der Waals surface area contributed by atoms with Crippen molar-refractivity contribution in [3.05, 3.63) is 34.3 Å². The quantitative estimate of drug-likeness (QED) is 0.823. The SMILES string of the molecule is CNC(c1cccc(C)c1Cl)C1CCC(C)C(C)C1. The molecule has 1 nitrogen and oxygen atoms in total. The van der Waals surface area contributed by atoms with Crippen LogP contribution in [0.4, 0.5) is 0 Å². The molecule has 4 atom stereocenters. The number of hydrogen-bond acceptors (Lipinski definition) is 1. The van der Waals surface area contributed by atoms with E-state index in [-0.39, 0.29) is 0 Å². The molecule has 0 bridgehead atoms. The largest absolute Gasteiger partial charge is 0.313 e. The Morgan fingerprint density at radius 3 is 2.58 bits per heavy atom. The van der Waals surface area contributed by atoms with Crippen LogP contribution >= 0.6 is 11.6 Å². The molecule has 106 valence electrons. The topological polar surface area (TPSA) is 12.0 Å². The molecule has 0 spiro atoms. The van der Waals surface area contributed by atoms with Gasteiger partial charge in [0.15, 0.2) is 0 Å². The standard InChI is InChI=1S/C17H26ClN/c1-11-8-9-14(10-13(11)3)17(19-4)15-7-5-6-12(2)16(15)18/h5-7,11,13-14,17,19H,8-10H2,1-4H3. The number of rotatable bonds is 3. The van der Waals surface area contributed by atoms with Gasteiger partial charge in [-0.2, -0.15) is 0 Å². The normalized spacial score (nSPS) is 29.2. The molecule has 19 heavy (non-hydrogen) atoms. The van der Waals surface area contributed by atoms with Gasteiger partial charge in [0, 0.05) is 11.1 Å². The molecule has 0 aromatic heterocycles. The summed E-state index contributed by atoms with van der Waals surface area (Å²) in [5.74, 6) is 2.38. The molecular formula is C17H26ClN. The summed E-state index contributed by atoms with van der Waals surface area (Å²) in [5, 5.41) is 4.45. The van der Waals surface area contributed by atoms with Crippen molar-refractivity contribution in [2.75, 3.05) is 7.05 Å². The molecule has 0 heterocycles. The summed E-state index contributed by atoms with van der Waals surface area (Å²) < 4.78 is 0. The second-order valence-electron chi connectivity index (χ2n) is 6.27. The predicted octanol–water partition coefficient (Wildman–Crippen LogP) is 4.98. The molecule has 0 aliphatic heterocycles. The van der Waals surface area contributed by atoms with Crippen molar-refractivity contribution in [2.45, 2.75) is 46.1 Å². The van der Waals surface area contributed by atoms with Crippen LogP contribution in [0.2, 0.25) is 5.02 Å². The van der Waals surface area contributed by atoms with Gasteiger partial charge in [-0.25, -0.2) is 0 Å². The van der Waals surface area contributed by atoms with Crippen molar-refractivity contribution in [1.82, 2.24) is 5.32 Å². The summed E-state index contributed by atoms with van der Waals surface area (Å²) in [6, 6.07) is 6.78. The first-order chi connectivity index (χ1) is 9.04. The second-order valence-corrected chi connectivity index (χ2v) is 6.65. The molecule has 0 saturated heterocycles. The third-order valence-electron chi connectivity index (χ3n) is 4.98. The summed E-state index contributed by atoms with van der Waals surface area (Å²) >= 11 is 6.51. The third-order valence-corrected chi connectivity index (χ3v) is 5.49. The van der Waals surface area contributed by atoms with Crippen molar-refractivity contribution in [3.8, 4) is 0 Å². The van der Waals surface area contributed by atoms with Crippen molar-refractivity contribution in [3.63, 3.8) is 0 Å². The highest BCUT2D eigenvalue weighted by Gasteiger charge is 2.31. The average molecular weight is 280 g/mol. The van der Waals surface area contributed by atoms with E-state index in [9.17, 15) is 0 Å². The highest BCUT2D eigenvalue weighted by molar-refractivity contribution is 6.32. The molecular weight excluding hydrogens is 254 g/mol. The van der Waals surface area contributed by atoms with Gasteiger partial charge in [0.05, 0.1) is 0 Å². The van der Waals surface area contributed by atoms with E-state index in [4.69, 9.17) is 11.6 Å². The summed E-state index contributed by atoms with van der Waals surface area (Å²) in [6.45, 7) is 6.86. The molecule has 2 heteroatoms. The Balaban J connectivity index is 2.22. The monoisotopic (exact) mass is 279 g/mol. The fourth-order valence-electron chi connectivity index (χ4n) is 3.45. The van der Waals surface area contributed by atoms with Crippen LogP contribution in [0.25, 0.3) is 0 Å². The van der Waals surface area contributed by atoms with Crippen LogP contribution in [0.5, 0.6) is 0 Å². The number of benzene rings is 1. The van der Waals surface area contributed by atoms with Gasteiger partial charge in [-0.05, 0) is 55.7 Å². The number of nitrogens with one attached hydrogen (secondary N) is 1. The van der Waals surface area contributed by atoms with E-state index in [1.54, 1.807) is 0 Å². The lowest BCUT2D eigenvalue weighted by Crippen LogP contribution is -2.31. The maximum atomic E-state index is 6.51. The molecule has 1 aromatic carbocycles. The fourth-order valence-corrected chi connectivity index (χ4v) is 3.69. The lowest BCUT2D eigenvalue weighted by Gasteiger charge is -2.37. The lowest BCUT2D eigenvalue weighted by atomic mass is 9.72. The van der Waals surface area contributed by atoms with E-state index in [2.05, 4.69) is 51.3 Å². The van der Waals surface area contributed by atoms with Gasteiger partial charge in [-0.15, -0.1) is 0 Å². The van der Waals surface area contributed by atoms with Crippen LogP contribution in [0.3, 0.4) is 0 Å². The van der Waals surface area contributed by atoms with Gasteiger partial charge in [0.2, 0.25) is 0 Å². The maximum Gasteiger partial charge on any atom is 0.0483 e. The molecule has 1 saturated carbocycles. The number of hydrogen-bond donors (Lipinski definition) is 1. The Kier molecular flexibility index (Phi) is 4.92. The van der Waals surface area contributed by atoms with Crippen LogP contribution in [0.1, 0.15) is 50.3 Å². The average Bonchev–Trinajstić information content (AvgIpc) is 2.39. The minimum absolute atomic E-state index is 0.391. The summed E-state index contributed by atoms with van der Waals surface area (Å²) in [6.07, 6.45) is 3.95. The zero-order chi connectivity index (χ0) is 14.0. The van der Waals surface area contributed by atoms with Gasteiger partial charge in [-0.3, -0.25) is 0 Å². The zero-order valence-corrected chi connectivity index (χ0v) is 13.3. The van der Waals surface area contributed by atoms with Crippen LogP contribution in [0, 0.1) is 24.7 Å². The van der Waals surface area contributed by atoms with Gasteiger partial charge < -0.3 is 5.32 Å². The summed E-state index contributed by atoms with van der Waals surface area (Å²) in [7, 11) is 2.06. The molecule has 2 rings (SSSR count). The Labute approximate surface area is 122 Å². The Bertz CT molecular complexity index is 429. The van der Waals surface area contributed by atoms with Crippen LogP contribution in [0.15, 0.2) is 18.2 Å². The van der Waals surface area contributed by atoms with Crippen LogP contribution < -0.4 is 5.32 Å². The first-order valence-electron chi connectivity index (χ1n) is 7.46. The fraction of sp³-hybridized carbons (Fsp3) is 0.647. The van der Waals surface area contributed by atoms with Crippen LogP contribution in [-0.2, 0) is 0 Å². The van der Waals surface area contributed by atoms with E-state index in [0.29, 0.717) is 12.0 Å². The van der Waals surface area contributed by atoms with Crippen molar-refractivity contribution in [2.24, 2.45) is 17.8 Å². The van der Waals surface area contributed by atoms with Gasteiger partial charge in [-0.1, -0.05) is 50.1 Å².